The Balaban J connectivity index is 0.00000162. The lowest BCUT2D eigenvalue weighted by Crippen LogP contribution is -2.29. The average molecular weight is 293 g/mol. The SMILES string of the molecule is CC(N)C1CCN(Cc2cc(Cl)ccc2F)C1.Cl. The molecule has 0 spiro atoms. The van der Waals surface area contributed by atoms with Crippen LogP contribution in [0.25, 0.3) is 0 Å². The first kappa shape index (κ1) is 15.7. The van der Waals surface area contributed by atoms with E-state index in [1.807, 2.05) is 6.92 Å². The van der Waals surface area contributed by atoms with E-state index < -0.39 is 0 Å². The summed E-state index contributed by atoms with van der Waals surface area (Å²) in [6.45, 7) is 4.59. The highest BCUT2D eigenvalue weighted by atomic mass is 35.5. The van der Waals surface area contributed by atoms with Crippen molar-refractivity contribution in [2.24, 2.45) is 11.7 Å². The van der Waals surface area contributed by atoms with Crippen LogP contribution < -0.4 is 5.73 Å². The summed E-state index contributed by atoms with van der Waals surface area (Å²) in [5, 5.41) is 0.587. The second kappa shape index (κ2) is 6.71. The van der Waals surface area contributed by atoms with Crippen molar-refractivity contribution in [1.82, 2.24) is 4.90 Å². The first-order chi connectivity index (χ1) is 8.06. The minimum atomic E-state index is -0.182. The number of nitrogens with two attached hydrogens (primary N) is 1. The lowest BCUT2D eigenvalue weighted by molar-refractivity contribution is 0.304. The van der Waals surface area contributed by atoms with Gasteiger partial charge < -0.3 is 5.73 Å². The third-order valence-corrected chi connectivity index (χ3v) is 3.69. The molecule has 2 rings (SSSR count). The van der Waals surface area contributed by atoms with Crippen LogP contribution >= 0.6 is 24.0 Å². The van der Waals surface area contributed by atoms with E-state index in [0.29, 0.717) is 23.0 Å². The molecule has 1 fully saturated rings. The Kier molecular flexibility index (Phi) is 5.86. The Morgan fingerprint density at radius 2 is 2.28 bits per heavy atom. The summed E-state index contributed by atoms with van der Waals surface area (Å²) in [6, 6.07) is 4.92. The standard InChI is InChI=1S/C13H18ClFN2.ClH/c1-9(16)10-4-5-17(7-10)8-11-6-12(14)2-3-13(11)15;/h2-3,6,9-10H,4-5,7-8,16H2,1H3;1H. The van der Waals surface area contributed by atoms with E-state index in [4.69, 9.17) is 17.3 Å². The molecule has 102 valence electrons. The summed E-state index contributed by atoms with van der Waals surface area (Å²) in [4.78, 5) is 2.24. The number of benzene rings is 1. The summed E-state index contributed by atoms with van der Waals surface area (Å²) in [5.74, 6) is 0.343. The molecule has 2 nitrogen and oxygen atoms in total. The lowest BCUT2D eigenvalue weighted by Gasteiger charge is -2.18. The summed E-state index contributed by atoms with van der Waals surface area (Å²) in [5.41, 5.74) is 6.55. The first-order valence-corrected chi connectivity index (χ1v) is 6.36. The molecule has 2 N–H and O–H groups in total. The summed E-state index contributed by atoms with van der Waals surface area (Å²) in [6.07, 6.45) is 1.10. The molecule has 2 atom stereocenters. The van der Waals surface area contributed by atoms with Gasteiger partial charge in [0.15, 0.2) is 0 Å². The van der Waals surface area contributed by atoms with Crippen LogP contribution in [0.15, 0.2) is 18.2 Å². The molecule has 1 heterocycles. The summed E-state index contributed by atoms with van der Waals surface area (Å²) >= 11 is 5.88. The van der Waals surface area contributed by atoms with Crippen LogP contribution in [0.5, 0.6) is 0 Å². The van der Waals surface area contributed by atoms with E-state index in [1.165, 1.54) is 6.07 Å². The molecule has 0 aromatic heterocycles. The van der Waals surface area contributed by atoms with Crippen molar-refractivity contribution in [1.29, 1.82) is 0 Å². The van der Waals surface area contributed by atoms with Gasteiger partial charge in [0, 0.05) is 29.7 Å². The Morgan fingerprint density at radius 1 is 1.56 bits per heavy atom. The zero-order valence-corrected chi connectivity index (χ0v) is 12.0. The molecule has 1 aliphatic rings. The van der Waals surface area contributed by atoms with E-state index in [-0.39, 0.29) is 24.3 Å². The third kappa shape index (κ3) is 3.82. The Labute approximate surface area is 119 Å². The molecule has 0 radical (unpaired) electrons. The fourth-order valence-corrected chi connectivity index (χ4v) is 2.54. The van der Waals surface area contributed by atoms with Gasteiger partial charge in [-0.1, -0.05) is 11.6 Å². The molecular formula is C13H19Cl2FN2. The van der Waals surface area contributed by atoms with Crippen molar-refractivity contribution >= 4 is 24.0 Å². The van der Waals surface area contributed by atoms with Gasteiger partial charge in [-0.15, -0.1) is 12.4 Å². The minimum absolute atomic E-state index is 0. The van der Waals surface area contributed by atoms with Crippen LogP contribution in [0.2, 0.25) is 5.02 Å². The molecular weight excluding hydrogens is 274 g/mol. The van der Waals surface area contributed by atoms with E-state index in [2.05, 4.69) is 4.90 Å². The van der Waals surface area contributed by atoms with Crippen LogP contribution in [0.4, 0.5) is 4.39 Å². The van der Waals surface area contributed by atoms with Crippen LogP contribution in [0, 0.1) is 11.7 Å². The topological polar surface area (TPSA) is 29.3 Å². The van der Waals surface area contributed by atoms with E-state index in [0.717, 1.165) is 19.5 Å². The number of hydrogen-bond donors (Lipinski definition) is 1. The van der Waals surface area contributed by atoms with Crippen molar-refractivity contribution < 1.29 is 4.39 Å². The zero-order valence-electron chi connectivity index (χ0n) is 10.4. The van der Waals surface area contributed by atoms with Crippen LogP contribution in [0.1, 0.15) is 18.9 Å². The van der Waals surface area contributed by atoms with Gasteiger partial charge in [0.1, 0.15) is 5.82 Å². The molecule has 5 heteroatoms. The number of likely N-dealkylation sites (tertiary alicyclic amines) is 1. The largest absolute Gasteiger partial charge is 0.328 e. The maximum atomic E-state index is 13.6. The first-order valence-electron chi connectivity index (χ1n) is 5.98. The number of halogens is 3. The second-order valence-electron chi connectivity index (χ2n) is 4.88. The number of rotatable bonds is 3. The van der Waals surface area contributed by atoms with E-state index >= 15 is 0 Å². The Bertz CT molecular complexity index is 399. The quantitative estimate of drug-likeness (QED) is 0.928. The maximum Gasteiger partial charge on any atom is 0.127 e. The smallest absolute Gasteiger partial charge is 0.127 e. The molecule has 18 heavy (non-hydrogen) atoms. The highest BCUT2D eigenvalue weighted by Crippen LogP contribution is 2.23. The molecule has 1 aromatic rings. The van der Waals surface area contributed by atoms with Crippen molar-refractivity contribution in [3.63, 3.8) is 0 Å². The van der Waals surface area contributed by atoms with Gasteiger partial charge >= 0.3 is 0 Å². The fourth-order valence-electron chi connectivity index (χ4n) is 2.34. The predicted octanol–water partition coefficient (Wildman–Crippen LogP) is 3.07. The monoisotopic (exact) mass is 292 g/mol. The molecule has 2 unspecified atom stereocenters. The molecule has 1 aromatic carbocycles. The summed E-state index contributed by atoms with van der Waals surface area (Å²) in [7, 11) is 0. The fraction of sp³-hybridized carbons (Fsp3) is 0.538. The molecule has 0 bridgehead atoms. The van der Waals surface area contributed by atoms with Gasteiger partial charge in [0.25, 0.3) is 0 Å². The van der Waals surface area contributed by atoms with Crippen molar-refractivity contribution in [3.05, 3.63) is 34.6 Å². The zero-order chi connectivity index (χ0) is 12.4. The third-order valence-electron chi connectivity index (χ3n) is 3.45. The van der Waals surface area contributed by atoms with Crippen molar-refractivity contribution in [2.45, 2.75) is 25.9 Å². The highest BCUT2D eigenvalue weighted by molar-refractivity contribution is 6.30. The summed E-state index contributed by atoms with van der Waals surface area (Å²) < 4.78 is 13.6. The van der Waals surface area contributed by atoms with Gasteiger partial charge in [-0.05, 0) is 44.0 Å². The molecule has 0 aliphatic carbocycles. The van der Waals surface area contributed by atoms with E-state index in [1.54, 1.807) is 12.1 Å². The van der Waals surface area contributed by atoms with Crippen LogP contribution in [-0.2, 0) is 6.54 Å². The Hall–Kier alpha value is -0.350. The van der Waals surface area contributed by atoms with Gasteiger partial charge in [-0.3, -0.25) is 4.90 Å². The van der Waals surface area contributed by atoms with Crippen LogP contribution in [0.3, 0.4) is 0 Å². The van der Waals surface area contributed by atoms with Crippen LogP contribution in [-0.4, -0.2) is 24.0 Å². The van der Waals surface area contributed by atoms with Gasteiger partial charge in [0.2, 0.25) is 0 Å². The molecule has 1 aliphatic heterocycles. The maximum absolute atomic E-state index is 13.6. The molecule has 0 amide bonds. The number of nitrogens with zero attached hydrogens (tertiary/aromatic N) is 1. The predicted molar refractivity (Wildman–Crippen MR) is 75.7 cm³/mol. The normalized spacial score (nSPS) is 21.7. The van der Waals surface area contributed by atoms with Gasteiger partial charge in [0.05, 0.1) is 0 Å². The lowest BCUT2D eigenvalue weighted by atomic mass is 10.0. The average Bonchev–Trinajstić information content (AvgIpc) is 2.72. The van der Waals surface area contributed by atoms with Gasteiger partial charge in [-0.25, -0.2) is 4.39 Å². The van der Waals surface area contributed by atoms with Gasteiger partial charge in [-0.2, -0.15) is 0 Å². The molecule has 1 saturated heterocycles. The Morgan fingerprint density at radius 3 is 2.89 bits per heavy atom. The number of hydrogen-bond acceptors (Lipinski definition) is 2. The second-order valence-corrected chi connectivity index (χ2v) is 5.32. The molecule has 0 saturated carbocycles. The van der Waals surface area contributed by atoms with Crippen molar-refractivity contribution in [2.75, 3.05) is 13.1 Å². The van der Waals surface area contributed by atoms with E-state index in [9.17, 15) is 4.39 Å². The minimum Gasteiger partial charge on any atom is -0.328 e. The highest BCUT2D eigenvalue weighted by Gasteiger charge is 2.25. The van der Waals surface area contributed by atoms with Crippen molar-refractivity contribution in [3.8, 4) is 0 Å².